The van der Waals surface area contributed by atoms with Crippen molar-refractivity contribution in [3.8, 4) is 0 Å². The second-order valence-corrected chi connectivity index (χ2v) is 9.97. The highest BCUT2D eigenvalue weighted by atomic mass is 32.2. The van der Waals surface area contributed by atoms with Gasteiger partial charge in [0.25, 0.3) is 0 Å². The summed E-state index contributed by atoms with van der Waals surface area (Å²) in [4.78, 5) is 23.9. The average Bonchev–Trinajstić information content (AvgIpc) is 3.42. The van der Waals surface area contributed by atoms with Gasteiger partial charge in [0.1, 0.15) is 0 Å². The molecule has 2 saturated heterocycles. The van der Waals surface area contributed by atoms with Crippen LogP contribution in [0.5, 0.6) is 0 Å². The second-order valence-electron chi connectivity index (χ2n) is 5.83. The van der Waals surface area contributed by atoms with Crippen LogP contribution in [0.1, 0.15) is 25.7 Å². The van der Waals surface area contributed by atoms with Gasteiger partial charge in [-0.15, -0.1) is 0 Å². The van der Waals surface area contributed by atoms with Crippen LogP contribution in [0.25, 0.3) is 0 Å². The molecule has 0 aromatic carbocycles. The molecule has 22 heavy (non-hydrogen) atoms. The molecule has 0 spiro atoms. The zero-order valence-corrected chi connectivity index (χ0v) is 15.5. The van der Waals surface area contributed by atoms with Gasteiger partial charge >= 0.3 is 11.9 Å². The molecule has 124 valence electrons. The first-order chi connectivity index (χ1) is 10.7. The Hall–Kier alpha value is 0.340. The lowest BCUT2D eigenvalue weighted by atomic mass is 9.82. The molecule has 0 radical (unpaired) electrons. The van der Waals surface area contributed by atoms with Crippen LogP contribution in [0.15, 0.2) is 0 Å². The lowest BCUT2D eigenvalue weighted by Crippen LogP contribution is -2.27. The summed E-state index contributed by atoms with van der Waals surface area (Å²) in [6.45, 7) is 0. The maximum atomic E-state index is 12.0. The highest BCUT2D eigenvalue weighted by molar-refractivity contribution is 8.08. The van der Waals surface area contributed by atoms with Crippen molar-refractivity contribution in [2.45, 2.75) is 36.2 Å². The first-order valence-corrected chi connectivity index (χ1v) is 11.5. The van der Waals surface area contributed by atoms with E-state index in [0.29, 0.717) is 10.5 Å². The van der Waals surface area contributed by atoms with Crippen molar-refractivity contribution in [1.82, 2.24) is 0 Å². The largest absolute Gasteiger partial charge is 0.391 e. The molecule has 2 aliphatic heterocycles. The van der Waals surface area contributed by atoms with Crippen LogP contribution in [-0.4, -0.2) is 45.4 Å². The molecule has 8 heteroatoms. The van der Waals surface area contributed by atoms with Gasteiger partial charge in [0.15, 0.2) is 0 Å². The van der Waals surface area contributed by atoms with Gasteiger partial charge in [-0.1, -0.05) is 0 Å². The van der Waals surface area contributed by atoms with Crippen molar-refractivity contribution >= 4 is 59.5 Å². The summed E-state index contributed by atoms with van der Waals surface area (Å²) in [5, 5.41) is 1.35. The molecule has 0 amide bonds. The molecule has 0 N–H and O–H groups in total. The summed E-state index contributed by atoms with van der Waals surface area (Å²) in [5.41, 5.74) is 0. The van der Waals surface area contributed by atoms with E-state index in [4.69, 9.17) is 8.37 Å². The number of hydrogen-bond donors (Lipinski definition) is 0. The Kier molecular flexibility index (Phi) is 6.59. The van der Waals surface area contributed by atoms with Gasteiger partial charge in [0, 0.05) is 33.5 Å². The molecule has 3 fully saturated rings. The third-order valence-electron chi connectivity index (χ3n) is 3.99. The Morgan fingerprint density at radius 3 is 1.50 bits per heavy atom. The predicted molar refractivity (Wildman–Crippen MR) is 95.0 cm³/mol. The third kappa shape index (κ3) is 5.76. The Morgan fingerprint density at radius 2 is 1.18 bits per heavy atom. The molecular weight excluding hydrogens is 360 g/mol. The SMILES string of the molecule is O=C(OSCC1CS1)C1CCC(C(=O)OSCC2CS2)CC1. The van der Waals surface area contributed by atoms with Crippen molar-refractivity contribution in [3.63, 3.8) is 0 Å². The monoisotopic (exact) mass is 380 g/mol. The van der Waals surface area contributed by atoms with E-state index in [2.05, 4.69) is 0 Å². The Morgan fingerprint density at radius 1 is 0.818 bits per heavy atom. The standard InChI is InChI=1S/C14H20O4S4/c15-13(17-21-7-11-5-19-11)9-1-2-10(4-3-9)14(16)18-22-8-12-6-20-12/h9-12H,1-8H2. The second kappa shape index (κ2) is 8.44. The van der Waals surface area contributed by atoms with Crippen LogP contribution < -0.4 is 0 Å². The summed E-state index contributed by atoms with van der Waals surface area (Å²) < 4.78 is 10.5. The van der Waals surface area contributed by atoms with Gasteiger partial charge in [-0.25, -0.2) is 0 Å². The zero-order chi connectivity index (χ0) is 15.4. The third-order valence-corrected chi connectivity index (χ3v) is 7.99. The lowest BCUT2D eigenvalue weighted by Gasteiger charge is -2.25. The fourth-order valence-electron chi connectivity index (χ4n) is 2.37. The van der Waals surface area contributed by atoms with Gasteiger partial charge in [0.05, 0.1) is 35.9 Å². The molecule has 0 aromatic rings. The minimum Gasteiger partial charge on any atom is -0.391 e. The summed E-state index contributed by atoms with van der Waals surface area (Å²) in [7, 11) is 0. The van der Waals surface area contributed by atoms with Crippen molar-refractivity contribution < 1.29 is 18.0 Å². The summed E-state index contributed by atoms with van der Waals surface area (Å²) in [5.74, 6) is 3.87. The van der Waals surface area contributed by atoms with Crippen LogP contribution in [0.3, 0.4) is 0 Å². The maximum absolute atomic E-state index is 12.0. The van der Waals surface area contributed by atoms with Crippen LogP contribution >= 0.6 is 47.6 Å². The molecule has 2 heterocycles. The van der Waals surface area contributed by atoms with E-state index >= 15 is 0 Å². The molecule has 3 rings (SSSR count). The van der Waals surface area contributed by atoms with E-state index in [1.54, 1.807) is 0 Å². The molecule has 0 aromatic heterocycles. The van der Waals surface area contributed by atoms with E-state index < -0.39 is 0 Å². The molecule has 3 aliphatic rings. The molecule has 2 atom stereocenters. The number of hydrogen-bond acceptors (Lipinski definition) is 8. The van der Waals surface area contributed by atoms with E-state index in [1.807, 2.05) is 23.5 Å². The smallest absolute Gasteiger partial charge is 0.320 e. The van der Waals surface area contributed by atoms with Gasteiger partial charge in [-0.05, 0) is 25.7 Å². The van der Waals surface area contributed by atoms with Crippen LogP contribution in [0, 0.1) is 11.8 Å². The first-order valence-electron chi connectivity index (χ1n) is 7.62. The summed E-state index contributed by atoms with van der Waals surface area (Å²) >= 11 is 6.38. The van der Waals surface area contributed by atoms with Crippen molar-refractivity contribution in [2.24, 2.45) is 11.8 Å². The van der Waals surface area contributed by atoms with Gasteiger partial charge < -0.3 is 8.37 Å². The molecule has 2 unspecified atom stereocenters. The van der Waals surface area contributed by atoms with Crippen molar-refractivity contribution in [3.05, 3.63) is 0 Å². The van der Waals surface area contributed by atoms with Crippen molar-refractivity contribution in [1.29, 1.82) is 0 Å². The summed E-state index contributed by atoms with van der Waals surface area (Å²) in [6.07, 6.45) is 2.95. The normalized spacial score (nSPS) is 33.1. The van der Waals surface area contributed by atoms with Gasteiger partial charge in [0.2, 0.25) is 0 Å². The van der Waals surface area contributed by atoms with E-state index in [0.717, 1.165) is 37.2 Å². The fourth-order valence-corrected chi connectivity index (χ4v) is 5.45. The Labute approximate surface area is 148 Å². The van der Waals surface area contributed by atoms with E-state index in [-0.39, 0.29) is 23.8 Å². The highest BCUT2D eigenvalue weighted by Crippen LogP contribution is 2.36. The molecule has 0 bridgehead atoms. The molecule has 1 aliphatic carbocycles. The van der Waals surface area contributed by atoms with Gasteiger partial charge in [-0.2, -0.15) is 23.5 Å². The van der Waals surface area contributed by atoms with E-state index in [1.165, 1.54) is 35.6 Å². The fraction of sp³-hybridized carbons (Fsp3) is 0.857. The minimum atomic E-state index is -0.109. The summed E-state index contributed by atoms with van der Waals surface area (Å²) in [6, 6.07) is 0. The maximum Gasteiger partial charge on any atom is 0.320 e. The predicted octanol–water partition coefficient (Wildman–Crippen LogP) is 3.41. The highest BCUT2D eigenvalue weighted by Gasteiger charge is 2.33. The van der Waals surface area contributed by atoms with E-state index in [9.17, 15) is 9.59 Å². The van der Waals surface area contributed by atoms with Gasteiger partial charge in [-0.3, -0.25) is 9.59 Å². The molecular formula is C14H20O4S4. The van der Waals surface area contributed by atoms with Crippen LogP contribution in [0.4, 0.5) is 0 Å². The number of rotatable bonds is 8. The van der Waals surface area contributed by atoms with Crippen LogP contribution in [0.2, 0.25) is 0 Å². The Balaban J connectivity index is 1.28. The topological polar surface area (TPSA) is 52.6 Å². The number of carbonyl (C=O) groups excluding carboxylic acids is 2. The lowest BCUT2D eigenvalue weighted by molar-refractivity contribution is -0.143. The Bertz CT molecular complexity index is 366. The quantitative estimate of drug-likeness (QED) is 0.469. The van der Waals surface area contributed by atoms with Crippen molar-refractivity contribution in [2.75, 3.05) is 23.0 Å². The average molecular weight is 381 g/mol. The first kappa shape index (κ1) is 17.2. The zero-order valence-electron chi connectivity index (χ0n) is 12.2. The molecule has 4 nitrogen and oxygen atoms in total. The number of thioether (sulfide) groups is 2. The number of carbonyl (C=O) groups is 2. The minimum absolute atomic E-state index is 0.0427. The molecule has 1 saturated carbocycles. The van der Waals surface area contributed by atoms with Crippen LogP contribution in [-0.2, 0) is 18.0 Å².